The summed E-state index contributed by atoms with van der Waals surface area (Å²) in [6, 6.07) is 9.75. The fraction of sp³-hybridized carbons (Fsp3) is 0.263. The highest BCUT2D eigenvalue weighted by Crippen LogP contribution is 2.29. The first-order valence-electron chi connectivity index (χ1n) is 8.12. The topological polar surface area (TPSA) is 59.9 Å². The summed E-state index contributed by atoms with van der Waals surface area (Å²) in [5, 5.41) is 3.82. The van der Waals surface area contributed by atoms with Gasteiger partial charge in [-0.05, 0) is 42.3 Å². The van der Waals surface area contributed by atoms with Crippen molar-refractivity contribution in [3.8, 4) is 11.5 Å². The van der Waals surface area contributed by atoms with Crippen LogP contribution in [-0.2, 0) is 17.4 Å². The van der Waals surface area contributed by atoms with Crippen LogP contribution in [0.1, 0.15) is 23.6 Å². The minimum absolute atomic E-state index is 0.214. The van der Waals surface area contributed by atoms with Crippen molar-refractivity contribution >= 4 is 12.1 Å². The number of rotatable bonds is 7. The van der Waals surface area contributed by atoms with Gasteiger partial charge in [0.05, 0.1) is 31.9 Å². The summed E-state index contributed by atoms with van der Waals surface area (Å²) in [5.74, 6) is 0.589. The molecule has 0 radical (unpaired) electrons. The van der Waals surface area contributed by atoms with Gasteiger partial charge in [0.15, 0.2) is 11.5 Å². The molecule has 0 aliphatic rings. The number of ether oxygens (including phenoxy) is 2. The van der Waals surface area contributed by atoms with E-state index in [2.05, 4.69) is 10.5 Å². The zero-order valence-electron chi connectivity index (χ0n) is 14.8. The zero-order valence-corrected chi connectivity index (χ0v) is 14.8. The number of hydrogen-bond acceptors (Lipinski definition) is 4. The second kappa shape index (κ2) is 9.07. The molecule has 144 valence electrons. The van der Waals surface area contributed by atoms with E-state index in [0.29, 0.717) is 23.7 Å². The maximum atomic E-state index is 12.7. The predicted octanol–water partition coefficient (Wildman–Crippen LogP) is 3.81. The molecule has 0 spiro atoms. The van der Waals surface area contributed by atoms with Crippen LogP contribution in [0.4, 0.5) is 13.2 Å². The molecular formula is C19H19F3N2O3. The lowest BCUT2D eigenvalue weighted by Crippen LogP contribution is -2.20. The van der Waals surface area contributed by atoms with Crippen LogP contribution < -0.4 is 14.9 Å². The second-order valence-electron chi connectivity index (χ2n) is 5.51. The first-order valence-corrected chi connectivity index (χ1v) is 8.12. The van der Waals surface area contributed by atoms with E-state index in [0.717, 1.165) is 12.1 Å². The summed E-state index contributed by atoms with van der Waals surface area (Å²) >= 11 is 0. The average Bonchev–Trinajstić information content (AvgIpc) is 2.62. The molecule has 0 aliphatic heterocycles. The molecular weight excluding hydrogens is 361 g/mol. The van der Waals surface area contributed by atoms with Gasteiger partial charge in [0.2, 0.25) is 5.91 Å². The van der Waals surface area contributed by atoms with E-state index >= 15 is 0 Å². The number of halogens is 3. The van der Waals surface area contributed by atoms with Crippen molar-refractivity contribution in [2.24, 2.45) is 5.10 Å². The van der Waals surface area contributed by atoms with Crippen molar-refractivity contribution in [3.05, 3.63) is 59.2 Å². The van der Waals surface area contributed by atoms with Crippen molar-refractivity contribution in [1.82, 2.24) is 5.43 Å². The normalized spacial score (nSPS) is 11.4. The van der Waals surface area contributed by atoms with Crippen LogP contribution in [0.5, 0.6) is 11.5 Å². The lowest BCUT2D eigenvalue weighted by atomic mass is 10.1. The Labute approximate surface area is 154 Å². The fourth-order valence-corrected chi connectivity index (χ4v) is 2.30. The molecule has 1 amide bonds. The zero-order chi connectivity index (χ0) is 19.9. The summed E-state index contributed by atoms with van der Waals surface area (Å²) < 4.78 is 48.7. The Hall–Kier alpha value is -3.03. The molecule has 0 fully saturated rings. The molecule has 2 aromatic rings. The van der Waals surface area contributed by atoms with Crippen LogP contribution in [-0.4, -0.2) is 25.8 Å². The minimum atomic E-state index is -4.45. The van der Waals surface area contributed by atoms with Gasteiger partial charge in [0.25, 0.3) is 0 Å². The lowest BCUT2D eigenvalue weighted by molar-refractivity contribution is -0.137. The maximum Gasteiger partial charge on any atom is 0.416 e. The molecule has 0 aromatic heterocycles. The highest BCUT2D eigenvalue weighted by Gasteiger charge is 2.30. The van der Waals surface area contributed by atoms with Gasteiger partial charge in [0, 0.05) is 0 Å². The molecule has 1 N–H and O–H groups in total. The molecule has 0 aliphatic carbocycles. The number of carbonyl (C=O) groups is 1. The minimum Gasteiger partial charge on any atom is -0.493 e. The summed E-state index contributed by atoms with van der Waals surface area (Å²) in [4.78, 5) is 11.9. The van der Waals surface area contributed by atoms with Crippen molar-refractivity contribution in [2.75, 3.05) is 13.7 Å². The third kappa shape index (κ3) is 6.02. The average molecular weight is 380 g/mol. The number of hydrazone groups is 1. The predicted molar refractivity (Wildman–Crippen MR) is 95.0 cm³/mol. The van der Waals surface area contributed by atoms with Crippen LogP contribution in [0, 0.1) is 0 Å². The lowest BCUT2D eigenvalue weighted by Gasteiger charge is -2.09. The van der Waals surface area contributed by atoms with E-state index in [9.17, 15) is 18.0 Å². The Balaban J connectivity index is 1.98. The van der Waals surface area contributed by atoms with Gasteiger partial charge in [-0.15, -0.1) is 0 Å². The molecule has 0 unspecified atom stereocenters. The standard InChI is InChI=1S/C19H19F3N2O3/c1-3-27-17-10-14(7-8-16(17)26-2)12-23-24-18(25)11-13-5-4-6-15(9-13)19(20,21)22/h4-10,12H,3,11H2,1-2H3,(H,24,25)/b23-12-. The highest BCUT2D eigenvalue weighted by atomic mass is 19.4. The SMILES string of the molecule is CCOc1cc(/C=N\NC(=O)Cc2cccc(C(F)(F)F)c2)ccc1OC. The molecule has 0 heterocycles. The van der Waals surface area contributed by atoms with E-state index < -0.39 is 17.6 Å². The van der Waals surface area contributed by atoms with Crippen LogP contribution >= 0.6 is 0 Å². The molecule has 2 aromatic carbocycles. The number of alkyl halides is 3. The molecule has 8 heteroatoms. The summed E-state index contributed by atoms with van der Waals surface area (Å²) in [7, 11) is 1.53. The quantitative estimate of drug-likeness (QED) is 0.587. The molecule has 2 rings (SSSR count). The van der Waals surface area contributed by atoms with Gasteiger partial charge >= 0.3 is 6.18 Å². The van der Waals surface area contributed by atoms with Crippen LogP contribution in [0.2, 0.25) is 0 Å². The molecule has 0 saturated carbocycles. The Kier molecular flexibility index (Phi) is 6.81. The van der Waals surface area contributed by atoms with Crippen molar-refractivity contribution in [2.45, 2.75) is 19.5 Å². The van der Waals surface area contributed by atoms with Gasteiger partial charge in [-0.3, -0.25) is 4.79 Å². The van der Waals surface area contributed by atoms with Gasteiger partial charge in [-0.1, -0.05) is 18.2 Å². The molecule has 0 saturated heterocycles. The number of hydrogen-bond donors (Lipinski definition) is 1. The summed E-state index contributed by atoms with van der Waals surface area (Å²) in [6.07, 6.45) is -3.25. The third-order valence-corrected chi connectivity index (χ3v) is 3.51. The Morgan fingerprint density at radius 1 is 1.19 bits per heavy atom. The highest BCUT2D eigenvalue weighted by molar-refractivity contribution is 5.84. The van der Waals surface area contributed by atoms with Crippen molar-refractivity contribution in [3.63, 3.8) is 0 Å². The smallest absolute Gasteiger partial charge is 0.416 e. The van der Waals surface area contributed by atoms with Crippen LogP contribution in [0.3, 0.4) is 0 Å². The second-order valence-corrected chi connectivity index (χ2v) is 5.51. The van der Waals surface area contributed by atoms with E-state index in [4.69, 9.17) is 9.47 Å². The van der Waals surface area contributed by atoms with Gasteiger partial charge in [-0.2, -0.15) is 18.3 Å². The maximum absolute atomic E-state index is 12.7. The Morgan fingerprint density at radius 3 is 2.63 bits per heavy atom. The Morgan fingerprint density at radius 2 is 1.96 bits per heavy atom. The number of nitrogens with one attached hydrogen (secondary N) is 1. The molecule has 5 nitrogen and oxygen atoms in total. The number of carbonyl (C=O) groups excluding carboxylic acids is 1. The number of amides is 1. The largest absolute Gasteiger partial charge is 0.493 e. The van der Waals surface area contributed by atoms with E-state index in [-0.39, 0.29) is 12.0 Å². The van der Waals surface area contributed by atoms with Crippen LogP contribution in [0.25, 0.3) is 0 Å². The first kappa shape index (κ1) is 20.3. The fourth-order valence-electron chi connectivity index (χ4n) is 2.30. The molecule has 0 atom stereocenters. The number of nitrogens with zero attached hydrogens (tertiary/aromatic N) is 1. The van der Waals surface area contributed by atoms with Gasteiger partial charge in [0.1, 0.15) is 0 Å². The summed E-state index contributed by atoms with van der Waals surface area (Å²) in [5.41, 5.74) is 2.42. The third-order valence-electron chi connectivity index (χ3n) is 3.51. The monoisotopic (exact) mass is 380 g/mol. The number of methoxy groups -OCH3 is 1. The van der Waals surface area contributed by atoms with E-state index in [1.165, 1.54) is 25.5 Å². The molecule has 0 bridgehead atoms. The van der Waals surface area contributed by atoms with E-state index in [1.807, 2.05) is 6.92 Å². The Bertz CT molecular complexity index is 820. The first-order chi connectivity index (χ1) is 12.8. The van der Waals surface area contributed by atoms with Gasteiger partial charge in [-0.25, -0.2) is 5.43 Å². The van der Waals surface area contributed by atoms with Gasteiger partial charge < -0.3 is 9.47 Å². The molecule has 27 heavy (non-hydrogen) atoms. The number of benzene rings is 2. The summed E-state index contributed by atoms with van der Waals surface area (Å²) in [6.45, 7) is 2.30. The van der Waals surface area contributed by atoms with Crippen molar-refractivity contribution in [1.29, 1.82) is 0 Å². The van der Waals surface area contributed by atoms with Crippen LogP contribution in [0.15, 0.2) is 47.6 Å². The van der Waals surface area contributed by atoms with Crippen molar-refractivity contribution < 1.29 is 27.4 Å². The van der Waals surface area contributed by atoms with E-state index in [1.54, 1.807) is 18.2 Å².